The van der Waals surface area contributed by atoms with Crippen LogP contribution < -0.4 is 5.73 Å². The van der Waals surface area contributed by atoms with Gasteiger partial charge in [-0.1, -0.05) is 17.7 Å². The van der Waals surface area contributed by atoms with Crippen LogP contribution in [-0.2, 0) is 6.54 Å². The fourth-order valence-corrected chi connectivity index (χ4v) is 2.30. The van der Waals surface area contributed by atoms with E-state index in [9.17, 15) is 0 Å². The summed E-state index contributed by atoms with van der Waals surface area (Å²) in [5, 5.41) is 9.51. The van der Waals surface area contributed by atoms with Crippen LogP contribution in [0.1, 0.15) is 12.5 Å². The molecule has 0 bridgehead atoms. The number of nitrogens with zero attached hydrogens (tertiary/aromatic N) is 4. The van der Waals surface area contributed by atoms with Crippen molar-refractivity contribution < 1.29 is 0 Å². The molecule has 0 fully saturated rings. The van der Waals surface area contributed by atoms with Crippen molar-refractivity contribution in [1.82, 2.24) is 19.6 Å². The van der Waals surface area contributed by atoms with Gasteiger partial charge in [0.2, 0.25) is 0 Å². The van der Waals surface area contributed by atoms with Gasteiger partial charge in [-0.05, 0) is 31.5 Å². The van der Waals surface area contributed by atoms with Crippen molar-refractivity contribution in [3.8, 4) is 16.9 Å². The zero-order valence-corrected chi connectivity index (χ0v) is 12.7. The van der Waals surface area contributed by atoms with Gasteiger partial charge >= 0.3 is 0 Å². The van der Waals surface area contributed by atoms with Gasteiger partial charge in [-0.15, -0.1) is 0 Å². The van der Waals surface area contributed by atoms with E-state index < -0.39 is 0 Å². The molecule has 0 aliphatic carbocycles. The molecule has 2 N–H and O–H groups in total. The molecule has 2 heterocycles. The number of hydrogen-bond acceptors (Lipinski definition) is 3. The monoisotopic (exact) mass is 301 g/mol. The average molecular weight is 302 g/mol. The van der Waals surface area contributed by atoms with Crippen molar-refractivity contribution in [1.29, 1.82) is 0 Å². The average Bonchev–Trinajstić information content (AvgIpc) is 3.08. The minimum absolute atomic E-state index is 0.613. The van der Waals surface area contributed by atoms with Gasteiger partial charge in [-0.3, -0.25) is 4.68 Å². The second kappa shape index (κ2) is 5.26. The number of aryl methyl sites for hydroxylation is 2. The van der Waals surface area contributed by atoms with Crippen LogP contribution in [0.5, 0.6) is 0 Å². The predicted molar refractivity (Wildman–Crippen MR) is 84.6 cm³/mol. The van der Waals surface area contributed by atoms with Crippen molar-refractivity contribution in [3.05, 3.63) is 47.4 Å². The first kappa shape index (κ1) is 13.7. The second-order valence-electron chi connectivity index (χ2n) is 4.90. The van der Waals surface area contributed by atoms with Crippen molar-refractivity contribution >= 4 is 17.3 Å². The summed E-state index contributed by atoms with van der Waals surface area (Å²) in [6, 6.07) is 5.81. The number of aromatic nitrogens is 4. The van der Waals surface area contributed by atoms with E-state index in [4.69, 9.17) is 17.3 Å². The van der Waals surface area contributed by atoms with E-state index in [0.717, 1.165) is 29.1 Å². The Morgan fingerprint density at radius 3 is 2.76 bits per heavy atom. The SMILES string of the molecule is CCn1cc(-c2nn(-c3ccc(C)c(Cl)c3)cc2N)cn1. The van der Waals surface area contributed by atoms with E-state index in [1.54, 1.807) is 17.1 Å². The molecule has 6 heteroatoms. The molecule has 3 rings (SSSR count). The second-order valence-corrected chi connectivity index (χ2v) is 5.30. The Balaban J connectivity index is 2.02. The molecule has 0 atom stereocenters. The van der Waals surface area contributed by atoms with Gasteiger partial charge < -0.3 is 5.73 Å². The molecule has 108 valence electrons. The lowest BCUT2D eigenvalue weighted by atomic mass is 10.2. The summed E-state index contributed by atoms with van der Waals surface area (Å²) in [5.41, 5.74) is 10.2. The van der Waals surface area contributed by atoms with E-state index >= 15 is 0 Å². The Hall–Kier alpha value is -2.27. The third-order valence-electron chi connectivity index (χ3n) is 3.39. The maximum absolute atomic E-state index is 6.16. The van der Waals surface area contributed by atoms with Crippen LogP contribution in [0.3, 0.4) is 0 Å². The minimum atomic E-state index is 0.613. The summed E-state index contributed by atoms with van der Waals surface area (Å²) < 4.78 is 3.58. The first-order valence-electron chi connectivity index (χ1n) is 6.73. The minimum Gasteiger partial charge on any atom is -0.396 e. The summed E-state index contributed by atoms with van der Waals surface area (Å²) in [7, 11) is 0. The molecule has 0 spiro atoms. The van der Waals surface area contributed by atoms with E-state index in [0.29, 0.717) is 10.7 Å². The smallest absolute Gasteiger partial charge is 0.119 e. The van der Waals surface area contributed by atoms with E-state index in [2.05, 4.69) is 10.2 Å². The number of halogens is 1. The van der Waals surface area contributed by atoms with Crippen LogP contribution in [0.15, 0.2) is 36.8 Å². The molecule has 0 saturated carbocycles. The Kier molecular flexibility index (Phi) is 3.43. The summed E-state index contributed by atoms with van der Waals surface area (Å²) in [6.45, 7) is 4.81. The first-order valence-corrected chi connectivity index (χ1v) is 7.10. The molecule has 3 aromatic rings. The maximum atomic E-state index is 6.16. The Morgan fingerprint density at radius 1 is 1.29 bits per heavy atom. The van der Waals surface area contributed by atoms with E-state index in [-0.39, 0.29) is 0 Å². The highest BCUT2D eigenvalue weighted by Gasteiger charge is 2.12. The largest absolute Gasteiger partial charge is 0.396 e. The fraction of sp³-hybridized carbons (Fsp3) is 0.200. The highest BCUT2D eigenvalue weighted by atomic mass is 35.5. The zero-order chi connectivity index (χ0) is 15.0. The molecule has 0 aliphatic heterocycles. The van der Waals surface area contributed by atoms with Gasteiger partial charge in [0.15, 0.2) is 0 Å². The van der Waals surface area contributed by atoms with Gasteiger partial charge in [0, 0.05) is 23.3 Å². The normalized spacial score (nSPS) is 11.0. The lowest BCUT2D eigenvalue weighted by Crippen LogP contribution is -1.95. The van der Waals surface area contributed by atoms with Crippen LogP contribution >= 0.6 is 11.6 Å². The Labute approximate surface area is 127 Å². The topological polar surface area (TPSA) is 61.7 Å². The molecule has 1 aromatic carbocycles. The lowest BCUT2D eigenvalue weighted by Gasteiger charge is -2.03. The van der Waals surface area contributed by atoms with Crippen molar-refractivity contribution in [2.75, 3.05) is 5.73 Å². The lowest BCUT2D eigenvalue weighted by molar-refractivity contribution is 0.660. The zero-order valence-electron chi connectivity index (χ0n) is 11.9. The van der Waals surface area contributed by atoms with Gasteiger partial charge in [0.05, 0.1) is 23.8 Å². The number of nitrogens with two attached hydrogens (primary N) is 1. The summed E-state index contributed by atoms with van der Waals surface area (Å²) in [4.78, 5) is 0. The maximum Gasteiger partial charge on any atom is 0.119 e. The van der Waals surface area contributed by atoms with Crippen molar-refractivity contribution in [2.24, 2.45) is 0 Å². The molecular formula is C15H16ClN5. The van der Waals surface area contributed by atoms with Crippen molar-refractivity contribution in [3.63, 3.8) is 0 Å². The molecule has 0 saturated heterocycles. The number of benzene rings is 1. The van der Waals surface area contributed by atoms with Gasteiger partial charge in [-0.25, -0.2) is 4.68 Å². The van der Waals surface area contributed by atoms with Crippen molar-refractivity contribution in [2.45, 2.75) is 20.4 Å². The molecular weight excluding hydrogens is 286 g/mol. The molecule has 0 amide bonds. The highest BCUT2D eigenvalue weighted by molar-refractivity contribution is 6.31. The number of hydrogen-bond donors (Lipinski definition) is 1. The molecule has 21 heavy (non-hydrogen) atoms. The Morgan fingerprint density at radius 2 is 2.10 bits per heavy atom. The summed E-state index contributed by atoms with van der Waals surface area (Å²) in [5.74, 6) is 0. The highest BCUT2D eigenvalue weighted by Crippen LogP contribution is 2.26. The van der Waals surface area contributed by atoms with Gasteiger partial charge in [0.1, 0.15) is 5.69 Å². The number of rotatable bonds is 3. The number of anilines is 1. The Bertz CT molecular complexity index is 787. The molecule has 0 aliphatic rings. The van der Waals surface area contributed by atoms with E-state index in [1.807, 2.05) is 42.9 Å². The third kappa shape index (κ3) is 2.52. The standard InChI is InChI=1S/C15H16ClN5/c1-3-20-8-11(7-18-20)15-14(17)9-21(19-15)12-5-4-10(2)13(16)6-12/h4-9H,3,17H2,1-2H3. The summed E-state index contributed by atoms with van der Waals surface area (Å²) in [6.07, 6.45) is 5.50. The quantitative estimate of drug-likeness (QED) is 0.807. The molecule has 0 radical (unpaired) electrons. The molecule has 5 nitrogen and oxygen atoms in total. The van der Waals surface area contributed by atoms with E-state index in [1.165, 1.54) is 0 Å². The first-order chi connectivity index (χ1) is 10.1. The predicted octanol–water partition coefficient (Wildman–Crippen LogP) is 3.30. The van der Waals surface area contributed by atoms with Crippen LogP contribution in [0.4, 0.5) is 5.69 Å². The van der Waals surface area contributed by atoms with Crippen LogP contribution in [0.25, 0.3) is 16.9 Å². The fourth-order valence-electron chi connectivity index (χ4n) is 2.13. The van der Waals surface area contributed by atoms with Crippen LogP contribution in [0.2, 0.25) is 5.02 Å². The van der Waals surface area contributed by atoms with Gasteiger partial charge in [0.25, 0.3) is 0 Å². The van der Waals surface area contributed by atoms with Crippen LogP contribution in [0, 0.1) is 6.92 Å². The van der Waals surface area contributed by atoms with Crippen LogP contribution in [-0.4, -0.2) is 19.6 Å². The molecule has 0 unspecified atom stereocenters. The number of nitrogen functional groups attached to an aromatic ring is 1. The summed E-state index contributed by atoms with van der Waals surface area (Å²) >= 11 is 6.16. The van der Waals surface area contributed by atoms with Gasteiger partial charge in [-0.2, -0.15) is 10.2 Å². The molecule has 2 aromatic heterocycles. The third-order valence-corrected chi connectivity index (χ3v) is 3.80.